The zero-order valence-electron chi connectivity index (χ0n) is 9.17. The van der Waals surface area contributed by atoms with Crippen LogP contribution in [0, 0.1) is 5.92 Å². The summed E-state index contributed by atoms with van der Waals surface area (Å²) < 4.78 is 0. The molecule has 88 valence electrons. The number of carboxylic acids is 1. The van der Waals surface area contributed by atoms with Crippen molar-refractivity contribution >= 4 is 11.9 Å². The minimum atomic E-state index is -0.939. The lowest BCUT2D eigenvalue weighted by atomic mass is 10.0. The van der Waals surface area contributed by atoms with Crippen molar-refractivity contribution in [3.05, 3.63) is 12.2 Å². The summed E-state index contributed by atoms with van der Waals surface area (Å²) in [6, 6.07) is -1.43. The topological polar surface area (TPSA) is 83.6 Å². The Kier molecular flexibility index (Phi) is 2.71. The first-order valence-electron chi connectivity index (χ1n) is 5.51. The number of hydrogen-bond acceptors (Lipinski definition) is 3. The van der Waals surface area contributed by atoms with Gasteiger partial charge in [-0.15, -0.1) is 0 Å². The van der Waals surface area contributed by atoms with Crippen LogP contribution >= 0.6 is 0 Å². The van der Waals surface area contributed by atoms with E-state index in [1.54, 1.807) is 0 Å². The number of fused-ring (bicyclic) bond motifs is 1. The molecular weight excluding hydrogens is 208 g/mol. The van der Waals surface area contributed by atoms with Crippen LogP contribution in [-0.4, -0.2) is 40.0 Å². The van der Waals surface area contributed by atoms with E-state index in [4.69, 9.17) is 10.8 Å². The van der Waals surface area contributed by atoms with Crippen molar-refractivity contribution < 1.29 is 14.7 Å². The van der Waals surface area contributed by atoms with Crippen molar-refractivity contribution in [1.29, 1.82) is 0 Å². The highest BCUT2D eigenvalue weighted by molar-refractivity contribution is 5.88. The van der Waals surface area contributed by atoms with Crippen LogP contribution in [0.2, 0.25) is 0 Å². The van der Waals surface area contributed by atoms with E-state index in [9.17, 15) is 9.59 Å². The van der Waals surface area contributed by atoms with Crippen LogP contribution in [0.15, 0.2) is 12.2 Å². The van der Waals surface area contributed by atoms with E-state index in [1.807, 2.05) is 19.1 Å². The van der Waals surface area contributed by atoms with Gasteiger partial charge in [0.25, 0.3) is 0 Å². The lowest BCUT2D eigenvalue weighted by molar-refractivity contribution is -0.149. The predicted octanol–water partition coefficient (Wildman–Crippen LogP) is -0.0362. The molecule has 0 unspecified atom stereocenters. The SMILES string of the molecule is C[C@@H]1C=C[C@H]2CC[C@@H](C(=O)O)N2C(=O)[C@@H]1N. The fourth-order valence-corrected chi connectivity index (χ4v) is 2.41. The number of carbonyl (C=O) groups is 2. The summed E-state index contributed by atoms with van der Waals surface area (Å²) in [5.74, 6) is -1.22. The normalized spacial score (nSPS) is 38.4. The van der Waals surface area contributed by atoms with E-state index < -0.39 is 18.1 Å². The van der Waals surface area contributed by atoms with Gasteiger partial charge in [0, 0.05) is 0 Å². The van der Waals surface area contributed by atoms with Crippen LogP contribution in [0.1, 0.15) is 19.8 Å². The lowest BCUT2D eigenvalue weighted by Crippen LogP contribution is -2.51. The third-order valence-corrected chi connectivity index (χ3v) is 3.46. The predicted molar refractivity (Wildman–Crippen MR) is 57.6 cm³/mol. The maximum atomic E-state index is 12.0. The number of carbonyl (C=O) groups excluding carboxylic acids is 1. The molecule has 4 atom stereocenters. The van der Waals surface area contributed by atoms with Gasteiger partial charge in [-0.1, -0.05) is 19.1 Å². The van der Waals surface area contributed by atoms with Crippen molar-refractivity contribution in [2.75, 3.05) is 0 Å². The van der Waals surface area contributed by atoms with E-state index in [1.165, 1.54) is 4.90 Å². The highest BCUT2D eigenvalue weighted by Crippen LogP contribution is 2.29. The van der Waals surface area contributed by atoms with Gasteiger partial charge in [0.05, 0.1) is 12.1 Å². The third kappa shape index (κ3) is 1.61. The van der Waals surface area contributed by atoms with Gasteiger partial charge in [-0.3, -0.25) is 4.79 Å². The monoisotopic (exact) mass is 224 g/mol. The van der Waals surface area contributed by atoms with Gasteiger partial charge in [-0.05, 0) is 18.8 Å². The molecule has 5 heteroatoms. The number of amides is 1. The van der Waals surface area contributed by atoms with Crippen LogP contribution < -0.4 is 5.73 Å². The highest BCUT2D eigenvalue weighted by atomic mass is 16.4. The first kappa shape index (κ1) is 11.1. The Morgan fingerprint density at radius 2 is 2.19 bits per heavy atom. The smallest absolute Gasteiger partial charge is 0.326 e. The molecule has 2 heterocycles. The molecule has 0 saturated carbocycles. The van der Waals surface area contributed by atoms with Crippen molar-refractivity contribution in [3.8, 4) is 0 Å². The molecule has 0 aliphatic carbocycles. The highest BCUT2D eigenvalue weighted by Gasteiger charge is 2.43. The Balaban J connectivity index is 2.31. The largest absolute Gasteiger partial charge is 0.480 e. The van der Waals surface area contributed by atoms with Crippen molar-refractivity contribution in [2.45, 2.75) is 37.9 Å². The first-order valence-corrected chi connectivity index (χ1v) is 5.51. The van der Waals surface area contributed by atoms with Gasteiger partial charge in [-0.25, -0.2) is 4.79 Å². The molecule has 0 spiro atoms. The van der Waals surface area contributed by atoms with E-state index in [0.717, 1.165) is 0 Å². The number of nitrogens with two attached hydrogens (primary N) is 1. The zero-order valence-corrected chi connectivity index (χ0v) is 9.17. The summed E-state index contributed by atoms with van der Waals surface area (Å²) >= 11 is 0. The summed E-state index contributed by atoms with van der Waals surface area (Å²) in [5, 5.41) is 9.06. The molecule has 5 nitrogen and oxygen atoms in total. The molecule has 2 aliphatic rings. The van der Waals surface area contributed by atoms with Crippen LogP contribution in [0.5, 0.6) is 0 Å². The molecule has 0 radical (unpaired) electrons. The van der Waals surface area contributed by atoms with Gasteiger partial charge in [0.2, 0.25) is 5.91 Å². The van der Waals surface area contributed by atoms with E-state index in [0.29, 0.717) is 12.8 Å². The second-order valence-electron chi connectivity index (χ2n) is 4.51. The van der Waals surface area contributed by atoms with E-state index in [-0.39, 0.29) is 17.9 Å². The van der Waals surface area contributed by atoms with Gasteiger partial charge in [0.15, 0.2) is 0 Å². The second-order valence-corrected chi connectivity index (χ2v) is 4.51. The van der Waals surface area contributed by atoms with E-state index >= 15 is 0 Å². The Morgan fingerprint density at radius 1 is 1.50 bits per heavy atom. The third-order valence-electron chi connectivity index (χ3n) is 3.46. The molecule has 16 heavy (non-hydrogen) atoms. The van der Waals surface area contributed by atoms with Gasteiger partial charge in [0.1, 0.15) is 6.04 Å². The van der Waals surface area contributed by atoms with Crippen LogP contribution in [0.25, 0.3) is 0 Å². The molecule has 0 aromatic heterocycles. The molecule has 1 amide bonds. The number of aliphatic carboxylic acids is 1. The quantitative estimate of drug-likeness (QED) is 0.612. The molecule has 3 N–H and O–H groups in total. The Morgan fingerprint density at radius 3 is 2.81 bits per heavy atom. The molecule has 0 aromatic carbocycles. The Hall–Kier alpha value is -1.36. The summed E-state index contributed by atoms with van der Waals surface area (Å²) in [7, 11) is 0. The minimum Gasteiger partial charge on any atom is -0.480 e. The first-order chi connectivity index (χ1) is 7.52. The second kappa shape index (κ2) is 3.90. The average molecular weight is 224 g/mol. The lowest BCUT2D eigenvalue weighted by Gasteiger charge is -2.28. The standard InChI is InChI=1S/C11H16N2O3/c1-6-2-3-7-4-5-8(11(15)16)13(7)10(14)9(6)12/h2-3,6-9H,4-5,12H2,1H3,(H,15,16)/t6-,7+,8+,9-/m1/s1. The summed E-state index contributed by atoms with van der Waals surface area (Å²) in [6.45, 7) is 1.87. The number of hydrogen-bond donors (Lipinski definition) is 2. The minimum absolute atomic E-state index is 0.0347. The Labute approximate surface area is 93.9 Å². The van der Waals surface area contributed by atoms with Crippen molar-refractivity contribution in [3.63, 3.8) is 0 Å². The molecule has 1 saturated heterocycles. The van der Waals surface area contributed by atoms with Gasteiger partial charge in [-0.2, -0.15) is 0 Å². The maximum Gasteiger partial charge on any atom is 0.326 e. The maximum absolute atomic E-state index is 12.0. The molecular formula is C11H16N2O3. The summed E-state index contributed by atoms with van der Waals surface area (Å²) in [6.07, 6.45) is 5.05. The zero-order chi connectivity index (χ0) is 11.9. The molecule has 1 fully saturated rings. The number of carboxylic acid groups (broad SMARTS) is 1. The van der Waals surface area contributed by atoms with Crippen LogP contribution in [0.4, 0.5) is 0 Å². The molecule has 2 aliphatic heterocycles. The number of nitrogens with zero attached hydrogens (tertiary/aromatic N) is 1. The molecule has 0 bridgehead atoms. The van der Waals surface area contributed by atoms with Crippen LogP contribution in [-0.2, 0) is 9.59 Å². The summed E-state index contributed by atoms with van der Waals surface area (Å²) in [5.41, 5.74) is 5.80. The van der Waals surface area contributed by atoms with Crippen LogP contribution in [0.3, 0.4) is 0 Å². The van der Waals surface area contributed by atoms with E-state index in [2.05, 4.69) is 0 Å². The summed E-state index contributed by atoms with van der Waals surface area (Å²) in [4.78, 5) is 24.5. The van der Waals surface area contributed by atoms with Gasteiger partial charge >= 0.3 is 5.97 Å². The fraction of sp³-hybridized carbons (Fsp3) is 0.636. The van der Waals surface area contributed by atoms with Gasteiger partial charge < -0.3 is 15.7 Å². The van der Waals surface area contributed by atoms with Crippen molar-refractivity contribution in [1.82, 2.24) is 4.90 Å². The fourth-order valence-electron chi connectivity index (χ4n) is 2.41. The van der Waals surface area contributed by atoms with Crippen molar-refractivity contribution in [2.24, 2.45) is 11.7 Å². The Bertz CT molecular complexity index is 353. The molecule has 0 aromatic rings. The average Bonchev–Trinajstić information content (AvgIpc) is 2.63. The number of rotatable bonds is 1. The molecule has 2 rings (SSSR count).